The minimum absolute atomic E-state index is 0.0401. The van der Waals surface area contributed by atoms with Crippen LogP contribution in [0.15, 0.2) is 0 Å². The third-order valence-electron chi connectivity index (χ3n) is 3.52. The van der Waals surface area contributed by atoms with E-state index in [9.17, 15) is 19.2 Å². The van der Waals surface area contributed by atoms with Crippen LogP contribution in [0.2, 0.25) is 0 Å². The van der Waals surface area contributed by atoms with Gasteiger partial charge >= 0.3 is 5.97 Å². The summed E-state index contributed by atoms with van der Waals surface area (Å²) in [6.45, 7) is 6.76. The molecule has 0 aliphatic heterocycles. The third kappa shape index (κ3) is 7.40. The summed E-state index contributed by atoms with van der Waals surface area (Å²) >= 11 is 0. The van der Waals surface area contributed by atoms with Crippen LogP contribution in [0.1, 0.15) is 40.5 Å². The van der Waals surface area contributed by atoms with E-state index in [-0.39, 0.29) is 24.7 Å². The molecule has 0 unspecified atom stereocenters. The summed E-state index contributed by atoms with van der Waals surface area (Å²) in [5.41, 5.74) is 10.7. The van der Waals surface area contributed by atoms with Crippen molar-refractivity contribution in [1.82, 2.24) is 10.6 Å². The lowest BCUT2D eigenvalue weighted by atomic mass is 9.99. The first-order valence-electron chi connectivity index (χ1n) is 7.84. The fourth-order valence-corrected chi connectivity index (χ4v) is 1.98. The minimum atomic E-state index is -1.15. The van der Waals surface area contributed by atoms with Crippen molar-refractivity contribution in [2.75, 3.05) is 0 Å². The molecule has 0 bridgehead atoms. The quantitative estimate of drug-likeness (QED) is 0.339. The molecule has 3 amide bonds. The minimum Gasteiger partial charge on any atom is -0.480 e. The Morgan fingerprint density at radius 3 is 1.75 bits per heavy atom. The maximum absolute atomic E-state index is 12.3. The molecular formula is C15H28N4O5. The van der Waals surface area contributed by atoms with Crippen LogP contribution in [-0.4, -0.2) is 46.9 Å². The molecule has 0 aliphatic rings. The largest absolute Gasteiger partial charge is 0.480 e. The van der Waals surface area contributed by atoms with Gasteiger partial charge in [0.05, 0.1) is 6.04 Å². The Bertz CT molecular complexity index is 478. The van der Waals surface area contributed by atoms with Crippen molar-refractivity contribution in [1.29, 1.82) is 0 Å². The highest BCUT2D eigenvalue weighted by molar-refractivity contribution is 5.92. The van der Waals surface area contributed by atoms with Crippen molar-refractivity contribution in [3.8, 4) is 0 Å². The summed E-state index contributed by atoms with van der Waals surface area (Å²) in [7, 11) is 0. The van der Waals surface area contributed by atoms with Gasteiger partial charge in [-0.2, -0.15) is 0 Å². The second-order valence-electron chi connectivity index (χ2n) is 6.41. The second-order valence-corrected chi connectivity index (χ2v) is 6.41. The van der Waals surface area contributed by atoms with Gasteiger partial charge in [-0.05, 0) is 18.3 Å². The Morgan fingerprint density at radius 1 is 0.917 bits per heavy atom. The van der Waals surface area contributed by atoms with Crippen LogP contribution in [-0.2, 0) is 19.2 Å². The van der Waals surface area contributed by atoms with E-state index in [4.69, 9.17) is 16.6 Å². The van der Waals surface area contributed by atoms with Gasteiger partial charge in [0.2, 0.25) is 17.7 Å². The molecule has 0 fully saturated rings. The predicted octanol–water partition coefficient (Wildman–Crippen LogP) is -1.05. The van der Waals surface area contributed by atoms with Gasteiger partial charge in [0.15, 0.2) is 0 Å². The molecule has 138 valence electrons. The number of primary amides is 1. The van der Waals surface area contributed by atoms with E-state index in [1.807, 2.05) is 0 Å². The molecule has 0 heterocycles. The number of aliphatic carboxylic acids is 1. The zero-order valence-electron chi connectivity index (χ0n) is 14.5. The van der Waals surface area contributed by atoms with Crippen LogP contribution in [0.25, 0.3) is 0 Å². The maximum atomic E-state index is 12.3. The lowest BCUT2D eigenvalue weighted by molar-refractivity contribution is -0.143. The third-order valence-corrected chi connectivity index (χ3v) is 3.52. The average Bonchev–Trinajstić information content (AvgIpc) is 2.45. The maximum Gasteiger partial charge on any atom is 0.326 e. The molecule has 9 nitrogen and oxygen atoms in total. The Hall–Kier alpha value is -2.16. The topological polar surface area (TPSA) is 165 Å². The summed E-state index contributed by atoms with van der Waals surface area (Å²) < 4.78 is 0. The molecule has 0 saturated heterocycles. The number of rotatable bonds is 10. The number of carbonyl (C=O) groups excluding carboxylic acids is 3. The molecule has 0 rings (SSSR count). The van der Waals surface area contributed by atoms with E-state index in [1.54, 1.807) is 27.7 Å². The Kier molecular flexibility index (Phi) is 8.97. The van der Waals surface area contributed by atoms with E-state index in [0.717, 1.165) is 0 Å². The predicted molar refractivity (Wildman–Crippen MR) is 87.6 cm³/mol. The number of carboxylic acid groups (broad SMARTS) is 1. The van der Waals surface area contributed by atoms with Crippen LogP contribution < -0.4 is 22.1 Å². The smallest absolute Gasteiger partial charge is 0.326 e. The molecule has 0 spiro atoms. The summed E-state index contributed by atoms with van der Waals surface area (Å²) in [5, 5.41) is 14.1. The van der Waals surface area contributed by atoms with E-state index in [2.05, 4.69) is 10.6 Å². The first-order chi connectivity index (χ1) is 11.0. The van der Waals surface area contributed by atoms with Gasteiger partial charge in [-0.3, -0.25) is 14.4 Å². The monoisotopic (exact) mass is 344 g/mol. The van der Waals surface area contributed by atoms with Crippen molar-refractivity contribution in [3.05, 3.63) is 0 Å². The number of carbonyl (C=O) groups is 4. The fourth-order valence-electron chi connectivity index (χ4n) is 1.98. The molecule has 9 heteroatoms. The number of carboxylic acids is 1. The lowest BCUT2D eigenvalue weighted by Crippen LogP contribution is -2.57. The second kappa shape index (κ2) is 9.86. The van der Waals surface area contributed by atoms with Crippen LogP contribution in [0.3, 0.4) is 0 Å². The highest BCUT2D eigenvalue weighted by Crippen LogP contribution is 2.07. The zero-order valence-corrected chi connectivity index (χ0v) is 14.5. The van der Waals surface area contributed by atoms with Gasteiger partial charge in [0.25, 0.3) is 0 Å². The van der Waals surface area contributed by atoms with E-state index < -0.39 is 41.8 Å². The van der Waals surface area contributed by atoms with Crippen LogP contribution >= 0.6 is 0 Å². The average molecular weight is 344 g/mol. The van der Waals surface area contributed by atoms with Crippen LogP contribution in [0.5, 0.6) is 0 Å². The normalized spacial score (nSPS) is 14.8. The summed E-state index contributed by atoms with van der Waals surface area (Å²) in [4.78, 5) is 46.3. The lowest BCUT2D eigenvalue weighted by Gasteiger charge is -2.26. The van der Waals surface area contributed by atoms with E-state index >= 15 is 0 Å². The molecule has 0 radical (unpaired) electrons. The molecule has 0 aromatic heterocycles. The van der Waals surface area contributed by atoms with Crippen molar-refractivity contribution in [2.24, 2.45) is 23.3 Å². The van der Waals surface area contributed by atoms with Crippen molar-refractivity contribution in [2.45, 2.75) is 58.7 Å². The Labute approximate surface area is 141 Å². The molecule has 0 saturated carbocycles. The molecule has 24 heavy (non-hydrogen) atoms. The number of nitrogens with two attached hydrogens (primary N) is 2. The fraction of sp³-hybridized carbons (Fsp3) is 0.733. The van der Waals surface area contributed by atoms with Crippen molar-refractivity contribution >= 4 is 23.7 Å². The standard InChI is InChI=1S/C15H28N4O5/c1-7(2)11(14(22)19-12(8(3)4)15(23)24)18-13(21)9(16)5-6-10(17)20/h7-9,11-12H,5-6,16H2,1-4H3,(H2,17,20)(H,18,21)(H,19,22)(H,23,24)/t9-,11-,12-/m0/s1. The van der Waals surface area contributed by atoms with Gasteiger partial charge in [-0.25, -0.2) is 4.79 Å². The first kappa shape index (κ1) is 21.8. The number of nitrogens with one attached hydrogen (secondary N) is 2. The first-order valence-corrected chi connectivity index (χ1v) is 7.84. The number of amides is 3. The highest BCUT2D eigenvalue weighted by Gasteiger charge is 2.31. The van der Waals surface area contributed by atoms with Gasteiger partial charge < -0.3 is 27.2 Å². The molecule has 0 aliphatic carbocycles. The van der Waals surface area contributed by atoms with Crippen molar-refractivity contribution in [3.63, 3.8) is 0 Å². The zero-order chi connectivity index (χ0) is 19.0. The summed E-state index contributed by atoms with van der Waals surface area (Å²) in [6.07, 6.45) is 0.0267. The molecule has 0 aromatic carbocycles. The van der Waals surface area contributed by atoms with Crippen LogP contribution in [0.4, 0.5) is 0 Å². The van der Waals surface area contributed by atoms with Crippen molar-refractivity contribution < 1.29 is 24.3 Å². The van der Waals surface area contributed by atoms with Gasteiger partial charge in [0.1, 0.15) is 12.1 Å². The molecular weight excluding hydrogens is 316 g/mol. The Morgan fingerprint density at radius 2 is 1.38 bits per heavy atom. The SMILES string of the molecule is CC(C)[C@H](NC(=O)[C@@H](NC(=O)[C@@H](N)CCC(N)=O)C(C)C)C(=O)O. The number of hydrogen-bond donors (Lipinski definition) is 5. The Balaban J connectivity index is 4.90. The van der Waals surface area contributed by atoms with Gasteiger partial charge in [-0.1, -0.05) is 27.7 Å². The molecule has 7 N–H and O–H groups in total. The molecule has 3 atom stereocenters. The van der Waals surface area contributed by atoms with Gasteiger partial charge in [-0.15, -0.1) is 0 Å². The summed E-state index contributed by atoms with van der Waals surface area (Å²) in [5.74, 6) is -3.50. The van der Waals surface area contributed by atoms with E-state index in [1.165, 1.54) is 0 Å². The molecule has 0 aromatic rings. The number of hydrogen-bond acceptors (Lipinski definition) is 5. The summed E-state index contributed by atoms with van der Waals surface area (Å²) in [6, 6.07) is -2.97. The van der Waals surface area contributed by atoms with E-state index in [0.29, 0.717) is 0 Å². The highest BCUT2D eigenvalue weighted by atomic mass is 16.4. The van der Waals surface area contributed by atoms with Gasteiger partial charge in [0, 0.05) is 6.42 Å². The van der Waals surface area contributed by atoms with Crippen LogP contribution in [0, 0.1) is 11.8 Å².